The van der Waals surface area contributed by atoms with E-state index in [-0.39, 0.29) is 42.5 Å². The average Bonchev–Trinajstić information content (AvgIpc) is 2.83. The second-order valence-corrected chi connectivity index (χ2v) is 9.58. The van der Waals surface area contributed by atoms with Crippen molar-refractivity contribution < 1.29 is 27.5 Å². The molecular formula is C23H28N2O6S. The Morgan fingerprint density at radius 2 is 1.78 bits per heavy atom. The third kappa shape index (κ3) is 5.73. The third-order valence-electron chi connectivity index (χ3n) is 5.29. The van der Waals surface area contributed by atoms with Gasteiger partial charge in [0, 0.05) is 31.7 Å². The summed E-state index contributed by atoms with van der Waals surface area (Å²) in [6.45, 7) is 3.34. The van der Waals surface area contributed by atoms with Crippen molar-refractivity contribution >= 4 is 21.9 Å². The summed E-state index contributed by atoms with van der Waals surface area (Å²) in [5.74, 6) is -1.31. The van der Waals surface area contributed by atoms with Crippen molar-refractivity contribution in [2.75, 3.05) is 40.0 Å². The monoisotopic (exact) mass is 460 g/mol. The Kier molecular flexibility index (Phi) is 8.00. The van der Waals surface area contributed by atoms with E-state index in [2.05, 4.69) is 0 Å². The van der Waals surface area contributed by atoms with Crippen LogP contribution in [-0.2, 0) is 30.8 Å². The maximum absolute atomic E-state index is 13.4. The first-order valence-electron chi connectivity index (χ1n) is 10.4. The number of ether oxygens (including phenoxy) is 2. The van der Waals surface area contributed by atoms with Gasteiger partial charge in [-0.3, -0.25) is 9.59 Å². The SMILES string of the molecule is COC(=O)C(C)CN(Cc1ccccc1)C(=O)c1cccc(S(=O)(=O)N2CCOCC2)c1. The second kappa shape index (κ2) is 10.7. The van der Waals surface area contributed by atoms with Gasteiger partial charge in [-0.2, -0.15) is 4.31 Å². The molecule has 0 aliphatic carbocycles. The topological polar surface area (TPSA) is 93.2 Å². The van der Waals surface area contributed by atoms with Crippen LogP contribution in [0.3, 0.4) is 0 Å². The van der Waals surface area contributed by atoms with Crippen molar-refractivity contribution in [2.45, 2.75) is 18.4 Å². The highest BCUT2D eigenvalue weighted by Gasteiger charge is 2.28. The van der Waals surface area contributed by atoms with Gasteiger partial charge in [0.1, 0.15) is 0 Å². The smallest absolute Gasteiger partial charge is 0.310 e. The first kappa shape index (κ1) is 23.9. The van der Waals surface area contributed by atoms with Gasteiger partial charge in [-0.1, -0.05) is 43.3 Å². The van der Waals surface area contributed by atoms with E-state index < -0.39 is 21.9 Å². The molecule has 1 saturated heterocycles. The molecule has 2 aromatic rings. The van der Waals surface area contributed by atoms with Crippen LogP contribution < -0.4 is 0 Å². The van der Waals surface area contributed by atoms with E-state index in [1.807, 2.05) is 30.3 Å². The van der Waals surface area contributed by atoms with Crippen LogP contribution in [0, 0.1) is 5.92 Å². The molecule has 1 atom stereocenters. The number of rotatable bonds is 8. The van der Waals surface area contributed by atoms with Crippen LogP contribution in [0.25, 0.3) is 0 Å². The molecule has 172 valence electrons. The number of carbonyl (C=O) groups excluding carboxylic acids is 2. The molecule has 9 heteroatoms. The third-order valence-corrected chi connectivity index (χ3v) is 7.18. The number of nitrogens with zero attached hydrogens (tertiary/aromatic N) is 2. The van der Waals surface area contributed by atoms with Crippen LogP contribution in [0.1, 0.15) is 22.8 Å². The highest BCUT2D eigenvalue weighted by molar-refractivity contribution is 7.89. The van der Waals surface area contributed by atoms with Crippen molar-refractivity contribution in [1.82, 2.24) is 9.21 Å². The maximum atomic E-state index is 13.4. The second-order valence-electron chi connectivity index (χ2n) is 7.64. The molecule has 0 saturated carbocycles. The van der Waals surface area contributed by atoms with Gasteiger partial charge in [0.25, 0.3) is 5.91 Å². The van der Waals surface area contributed by atoms with Crippen LogP contribution in [0.2, 0.25) is 0 Å². The predicted octanol–water partition coefficient (Wildman–Crippen LogP) is 2.16. The van der Waals surface area contributed by atoms with Gasteiger partial charge < -0.3 is 14.4 Å². The Labute approximate surface area is 188 Å². The lowest BCUT2D eigenvalue weighted by Crippen LogP contribution is -2.40. The molecule has 1 heterocycles. The summed E-state index contributed by atoms with van der Waals surface area (Å²) in [6, 6.07) is 15.4. The van der Waals surface area contributed by atoms with Crippen LogP contribution >= 0.6 is 0 Å². The normalized spacial score (nSPS) is 15.7. The summed E-state index contributed by atoms with van der Waals surface area (Å²) in [4.78, 5) is 27.0. The van der Waals surface area contributed by atoms with Crippen molar-refractivity contribution in [3.05, 3.63) is 65.7 Å². The number of esters is 1. The minimum atomic E-state index is -3.73. The first-order chi connectivity index (χ1) is 15.3. The van der Waals surface area contributed by atoms with E-state index in [1.165, 1.54) is 28.4 Å². The fourth-order valence-electron chi connectivity index (χ4n) is 3.54. The van der Waals surface area contributed by atoms with E-state index >= 15 is 0 Å². The maximum Gasteiger partial charge on any atom is 0.310 e. The zero-order chi connectivity index (χ0) is 23.1. The molecule has 0 N–H and O–H groups in total. The summed E-state index contributed by atoms with van der Waals surface area (Å²) in [5.41, 5.74) is 1.14. The molecular weight excluding hydrogens is 432 g/mol. The van der Waals surface area contributed by atoms with Gasteiger partial charge >= 0.3 is 5.97 Å². The molecule has 0 bridgehead atoms. The van der Waals surface area contributed by atoms with Crippen molar-refractivity contribution in [1.29, 1.82) is 0 Å². The quantitative estimate of drug-likeness (QED) is 0.561. The molecule has 1 unspecified atom stereocenters. The Hall–Kier alpha value is -2.75. The Bertz CT molecular complexity index is 1040. The van der Waals surface area contributed by atoms with E-state index in [0.717, 1.165) is 5.56 Å². The molecule has 0 radical (unpaired) electrons. The van der Waals surface area contributed by atoms with Crippen molar-refractivity contribution in [3.8, 4) is 0 Å². The van der Waals surface area contributed by atoms with Crippen LogP contribution in [-0.4, -0.2) is 69.5 Å². The van der Waals surface area contributed by atoms with E-state index in [9.17, 15) is 18.0 Å². The average molecular weight is 461 g/mol. The Morgan fingerprint density at radius 1 is 1.09 bits per heavy atom. The largest absolute Gasteiger partial charge is 0.469 e. The molecule has 1 aliphatic rings. The molecule has 0 aromatic heterocycles. The Morgan fingerprint density at radius 3 is 2.44 bits per heavy atom. The van der Waals surface area contributed by atoms with Crippen molar-refractivity contribution in [3.63, 3.8) is 0 Å². The molecule has 8 nitrogen and oxygen atoms in total. The minimum absolute atomic E-state index is 0.0610. The fraction of sp³-hybridized carbons (Fsp3) is 0.391. The number of amides is 1. The number of methoxy groups -OCH3 is 1. The zero-order valence-electron chi connectivity index (χ0n) is 18.3. The van der Waals surface area contributed by atoms with Gasteiger partial charge in [-0.25, -0.2) is 8.42 Å². The number of hydrogen-bond donors (Lipinski definition) is 0. The zero-order valence-corrected chi connectivity index (χ0v) is 19.1. The summed E-state index contributed by atoms with van der Waals surface area (Å²) in [6.07, 6.45) is 0. The Balaban J connectivity index is 1.88. The lowest BCUT2D eigenvalue weighted by atomic mass is 10.1. The highest BCUT2D eigenvalue weighted by atomic mass is 32.2. The number of hydrogen-bond acceptors (Lipinski definition) is 6. The van der Waals surface area contributed by atoms with Gasteiger partial charge in [0.05, 0.1) is 31.1 Å². The fourth-order valence-corrected chi connectivity index (χ4v) is 4.99. The summed E-state index contributed by atoms with van der Waals surface area (Å²) < 4.78 is 37.4. The van der Waals surface area contributed by atoms with Gasteiger partial charge in [0.15, 0.2) is 0 Å². The number of carbonyl (C=O) groups is 2. The first-order valence-corrected chi connectivity index (χ1v) is 11.9. The lowest BCUT2D eigenvalue weighted by Gasteiger charge is -2.27. The molecule has 1 amide bonds. The molecule has 2 aromatic carbocycles. The molecule has 0 spiro atoms. The minimum Gasteiger partial charge on any atom is -0.469 e. The highest BCUT2D eigenvalue weighted by Crippen LogP contribution is 2.20. The van der Waals surface area contributed by atoms with Crippen LogP contribution in [0.5, 0.6) is 0 Å². The standard InChI is InChI=1S/C23H28N2O6S/c1-18(23(27)30-2)16-24(17-19-7-4-3-5-8-19)22(26)20-9-6-10-21(15-20)32(28,29)25-11-13-31-14-12-25/h3-10,15,18H,11-14,16-17H2,1-2H3. The van der Waals surface area contributed by atoms with Gasteiger partial charge in [-0.15, -0.1) is 0 Å². The predicted molar refractivity (Wildman–Crippen MR) is 118 cm³/mol. The van der Waals surface area contributed by atoms with Crippen LogP contribution in [0.4, 0.5) is 0 Å². The number of morpholine rings is 1. The summed E-state index contributed by atoms with van der Waals surface area (Å²) >= 11 is 0. The molecule has 3 rings (SSSR count). The van der Waals surface area contributed by atoms with Gasteiger partial charge in [0.2, 0.25) is 10.0 Å². The van der Waals surface area contributed by atoms with E-state index in [0.29, 0.717) is 13.2 Å². The number of sulfonamides is 1. The van der Waals surface area contributed by atoms with E-state index in [1.54, 1.807) is 19.1 Å². The van der Waals surface area contributed by atoms with Crippen LogP contribution in [0.15, 0.2) is 59.5 Å². The summed E-state index contributed by atoms with van der Waals surface area (Å²) in [7, 11) is -2.43. The van der Waals surface area contributed by atoms with Gasteiger partial charge in [-0.05, 0) is 23.8 Å². The molecule has 1 aliphatic heterocycles. The molecule has 1 fully saturated rings. The summed E-state index contributed by atoms with van der Waals surface area (Å²) in [5, 5.41) is 0. The molecule has 32 heavy (non-hydrogen) atoms. The van der Waals surface area contributed by atoms with E-state index in [4.69, 9.17) is 9.47 Å². The lowest BCUT2D eigenvalue weighted by molar-refractivity contribution is -0.145. The van der Waals surface area contributed by atoms with Crippen molar-refractivity contribution in [2.24, 2.45) is 5.92 Å². The number of benzene rings is 2.